The predicted molar refractivity (Wildman–Crippen MR) is 73.7 cm³/mol. The van der Waals surface area contributed by atoms with Gasteiger partial charge >= 0.3 is 0 Å². The summed E-state index contributed by atoms with van der Waals surface area (Å²) >= 11 is 2.23. The van der Waals surface area contributed by atoms with Gasteiger partial charge < -0.3 is 5.32 Å². The highest BCUT2D eigenvalue weighted by atomic mass is 127. The lowest BCUT2D eigenvalue weighted by Crippen LogP contribution is -2.05. The largest absolute Gasteiger partial charge is 0.369 e. The van der Waals surface area contributed by atoms with Gasteiger partial charge in [-0.25, -0.2) is 9.50 Å². The number of unbranched alkanes of at least 4 members (excludes halogenated alkanes) is 2. The van der Waals surface area contributed by atoms with Gasteiger partial charge in [-0.2, -0.15) is 0 Å². The van der Waals surface area contributed by atoms with E-state index in [4.69, 9.17) is 0 Å². The molecule has 0 amide bonds. The Labute approximate surface area is 109 Å². The highest BCUT2D eigenvalue weighted by molar-refractivity contribution is 14.1. The van der Waals surface area contributed by atoms with Crippen LogP contribution in [0.25, 0.3) is 5.65 Å². The molecule has 0 radical (unpaired) electrons. The molecule has 2 heterocycles. The second-order valence-electron chi connectivity index (χ2n) is 3.70. The van der Waals surface area contributed by atoms with Crippen molar-refractivity contribution in [3.05, 3.63) is 22.0 Å². The third-order valence-corrected chi connectivity index (χ3v) is 3.14. The van der Waals surface area contributed by atoms with Gasteiger partial charge in [-0.15, -0.1) is 5.10 Å². The number of nitrogens with one attached hydrogen (secondary N) is 1. The number of halogens is 1. The van der Waals surface area contributed by atoms with Crippen LogP contribution in [0.2, 0.25) is 0 Å². The SMILES string of the molecule is CCCCCNc1ccc2ncc(I)n2n1. The molecule has 2 aromatic heterocycles. The molecule has 0 saturated carbocycles. The van der Waals surface area contributed by atoms with E-state index in [1.165, 1.54) is 19.3 Å². The van der Waals surface area contributed by atoms with E-state index in [1.807, 2.05) is 22.8 Å². The van der Waals surface area contributed by atoms with Gasteiger partial charge in [0.05, 0.1) is 6.20 Å². The van der Waals surface area contributed by atoms with Crippen molar-refractivity contribution in [3.8, 4) is 0 Å². The molecule has 0 spiro atoms. The Morgan fingerprint density at radius 2 is 2.25 bits per heavy atom. The number of fused-ring (bicyclic) bond motifs is 1. The molecular formula is C11H15IN4. The van der Waals surface area contributed by atoms with E-state index >= 15 is 0 Å². The zero-order chi connectivity index (χ0) is 11.4. The maximum atomic E-state index is 4.47. The first kappa shape index (κ1) is 11.6. The molecule has 2 rings (SSSR count). The van der Waals surface area contributed by atoms with E-state index in [-0.39, 0.29) is 0 Å². The molecule has 0 unspecified atom stereocenters. The van der Waals surface area contributed by atoms with Crippen LogP contribution in [-0.2, 0) is 0 Å². The van der Waals surface area contributed by atoms with Crippen LogP contribution in [0.3, 0.4) is 0 Å². The molecule has 16 heavy (non-hydrogen) atoms. The maximum Gasteiger partial charge on any atom is 0.154 e. The van der Waals surface area contributed by atoms with E-state index in [9.17, 15) is 0 Å². The Kier molecular flexibility index (Phi) is 3.98. The van der Waals surface area contributed by atoms with Crippen LogP contribution < -0.4 is 5.32 Å². The molecule has 0 aliphatic rings. The Bertz CT molecular complexity index is 466. The number of imidazole rings is 1. The fraction of sp³-hybridized carbons (Fsp3) is 0.455. The summed E-state index contributed by atoms with van der Waals surface area (Å²) in [6.45, 7) is 3.19. The van der Waals surface area contributed by atoms with Crippen LogP contribution in [0.1, 0.15) is 26.2 Å². The van der Waals surface area contributed by atoms with E-state index in [2.05, 4.69) is 44.9 Å². The van der Waals surface area contributed by atoms with Crippen molar-refractivity contribution in [1.29, 1.82) is 0 Å². The van der Waals surface area contributed by atoms with E-state index < -0.39 is 0 Å². The van der Waals surface area contributed by atoms with Crippen molar-refractivity contribution in [3.63, 3.8) is 0 Å². The summed E-state index contributed by atoms with van der Waals surface area (Å²) < 4.78 is 2.88. The van der Waals surface area contributed by atoms with Crippen LogP contribution in [0, 0.1) is 3.70 Å². The van der Waals surface area contributed by atoms with Gasteiger partial charge in [0.15, 0.2) is 5.65 Å². The van der Waals surface area contributed by atoms with E-state index in [1.54, 1.807) is 0 Å². The average Bonchev–Trinajstić information content (AvgIpc) is 2.67. The summed E-state index contributed by atoms with van der Waals surface area (Å²) in [5.74, 6) is 0.916. The molecule has 0 aromatic carbocycles. The van der Waals surface area contributed by atoms with Crippen LogP contribution in [0.15, 0.2) is 18.3 Å². The first-order valence-corrected chi connectivity index (χ1v) is 6.63. The predicted octanol–water partition coefficient (Wildman–Crippen LogP) is 2.94. The average molecular weight is 330 g/mol. The van der Waals surface area contributed by atoms with Crippen molar-refractivity contribution in [2.75, 3.05) is 11.9 Å². The number of hydrogen-bond donors (Lipinski definition) is 1. The topological polar surface area (TPSA) is 42.2 Å². The third-order valence-electron chi connectivity index (χ3n) is 2.41. The lowest BCUT2D eigenvalue weighted by Gasteiger charge is -2.05. The summed E-state index contributed by atoms with van der Waals surface area (Å²) in [5, 5.41) is 7.79. The molecule has 1 N–H and O–H groups in total. The fourth-order valence-corrected chi connectivity index (χ4v) is 2.03. The minimum Gasteiger partial charge on any atom is -0.369 e. The Morgan fingerprint density at radius 3 is 3.06 bits per heavy atom. The van der Waals surface area contributed by atoms with Gasteiger partial charge in [-0.1, -0.05) is 19.8 Å². The standard InChI is InChI=1S/C11H15IN4/c1-2-3-4-7-13-10-5-6-11-14-8-9(12)16(11)15-10/h5-6,8H,2-4,7H2,1H3,(H,13,15). The fourth-order valence-electron chi connectivity index (χ4n) is 1.53. The van der Waals surface area contributed by atoms with Crippen molar-refractivity contribution in [2.45, 2.75) is 26.2 Å². The monoisotopic (exact) mass is 330 g/mol. The van der Waals surface area contributed by atoms with E-state index in [0.717, 1.165) is 21.7 Å². The van der Waals surface area contributed by atoms with Gasteiger partial charge in [0.25, 0.3) is 0 Å². The Balaban J connectivity index is 2.04. The molecular weight excluding hydrogens is 315 g/mol. The first-order chi connectivity index (χ1) is 7.81. The summed E-state index contributed by atoms with van der Waals surface area (Å²) in [7, 11) is 0. The van der Waals surface area contributed by atoms with Crippen molar-refractivity contribution < 1.29 is 0 Å². The van der Waals surface area contributed by atoms with Crippen LogP contribution in [0.4, 0.5) is 5.82 Å². The normalized spacial score (nSPS) is 10.9. The van der Waals surface area contributed by atoms with Crippen LogP contribution in [-0.4, -0.2) is 21.1 Å². The first-order valence-electron chi connectivity index (χ1n) is 5.55. The summed E-state index contributed by atoms with van der Waals surface area (Å²) in [6, 6.07) is 3.96. The minimum absolute atomic E-state index is 0.892. The van der Waals surface area contributed by atoms with Gasteiger partial charge in [-0.05, 0) is 41.1 Å². The quantitative estimate of drug-likeness (QED) is 0.677. The summed E-state index contributed by atoms with van der Waals surface area (Å²) in [4.78, 5) is 4.23. The molecule has 86 valence electrons. The molecule has 4 nitrogen and oxygen atoms in total. The van der Waals surface area contributed by atoms with Gasteiger partial charge in [0.1, 0.15) is 9.52 Å². The minimum atomic E-state index is 0.892. The molecule has 0 aliphatic heterocycles. The maximum absolute atomic E-state index is 4.47. The Morgan fingerprint density at radius 1 is 1.38 bits per heavy atom. The number of hydrogen-bond acceptors (Lipinski definition) is 3. The lowest BCUT2D eigenvalue weighted by atomic mass is 10.2. The van der Waals surface area contributed by atoms with Gasteiger partial charge in [0, 0.05) is 6.54 Å². The third kappa shape index (κ3) is 2.63. The van der Waals surface area contributed by atoms with Crippen molar-refractivity contribution in [2.24, 2.45) is 0 Å². The highest BCUT2D eigenvalue weighted by Crippen LogP contribution is 2.10. The lowest BCUT2D eigenvalue weighted by molar-refractivity contribution is 0.740. The molecule has 0 saturated heterocycles. The smallest absolute Gasteiger partial charge is 0.154 e. The number of aromatic nitrogens is 3. The molecule has 2 aromatic rings. The molecule has 0 aliphatic carbocycles. The molecule has 5 heteroatoms. The molecule has 0 atom stereocenters. The zero-order valence-corrected chi connectivity index (χ0v) is 11.4. The van der Waals surface area contributed by atoms with Crippen LogP contribution >= 0.6 is 22.6 Å². The summed E-state index contributed by atoms with van der Waals surface area (Å²) in [5.41, 5.74) is 0.892. The second kappa shape index (κ2) is 5.47. The molecule has 0 fully saturated rings. The highest BCUT2D eigenvalue weighted by Gasteiger charge is 2.01. The van der Waals surface area contributed by atoms with Gasteiger partial charge in [0.2, 0.25) is 0 Å². The zero-order valence-electron chi connectivity index (χ0n) is 9.28. The molecule has 0 bridgehead atoms. The van der Waals surface area contributed by atoms with Crippen molar-refractivity contribution in [1.82, 2.24) is 14.6 Å². The number of rotatable bonds is 5. The Hall–Kier alpha value is -0.850. The number of nitrogens with zero attached hydrogens (tertiary/aromatic N) is 3. The van der Waals surface area contributed by atoms with Crippen molar-refractivity contribution >= 4 is 34.1 Å². The van der Waals surface area contributed by atoms with Crippen LogP contribution in [0.5, 0.6) is 0 Å². The summed E-state index contributed by atoms with van der Waals surface area (Å²) in [6.07, 6.45) is 5.52. The van der Waals surface area contributed by atoms with E-state index in [0.29, 0.717) is 0 Å². The van der Waals surface area contributed by atoms with Gasteiger partial charge in [-0.3, -0.25) is 0 Å². The second-order valence-corrected chi connectivity index (χ2v) is 4.81. The number of anilines is 1.